The van der Waals surface area contributed by atoms with Gasteiger partial charge in [-0.25, -0.2) is 13.1 Å². The highest BCUT2D eigenvalue weighted by atomic mass is 35.5. The average Bonchev–Trinajstić information content (AvgIpc) is 2.39. The summed E-state index contributed by atoms with van der Waals surface area (Å²) in [6.45, 7) is 4.49. The van der Waals surface area contributed by atoms with Crippen molar-refractivity contribution in [1.29, 1.82) is 0 Å². The van der Waals surface area contributed by atoms with Crippen molar-refractivity contribution in [3.63, 3.8) is 0 Å². The molecule has 0 saturated carbocycles. The SMILES string of the molecule is CCOC(CNS(=O)(=O)c1ccc(Cl)c(Cl)c1)OCC. The van der Waals surface area contributed by atoms with Gasteiger partial charge in [0.25, 0.3) is 0 Å². The summed E-state index contributed by atoms with van der Waals surface area (Å²) in [5.41, 5.74) is 0. The first-order valence-electron chi connectivity index (χ1n) is 6.08. The topological polar surface area (TPSA) is 64.6 Å². The minimum atomic E-state index is -3.68. The Morgan fingerprint density at radius 3 is 2.25 bits per heavy atom. The maximum atomic E-state index is 12.1. The molecule has 114 valence electrons. The minimum Gasteiger partial charge on any atom is -0.352 e. The molecule has 0 amide bonds. The second-order valence-corrected chi connectivity index (χ2v) is 6.35. The zero-order valence-corrected chi connectivity index (χ0v) is 13.6. The quantitative estimate of drug-likeness (QED) is 0.738. The van der Waals surface area contributed by atoms with E-state index in [1.54, 1.807) is 13.8 Å². The number of rotatable bonds is 8. The summed E-state index contributed by atoms with van der Waals surface area (Å²) in [6.07, 6.45) is -0.623. The Labute approximate surface area is 129 Å². The zero-order valence-electron chi connectivity index (χ0n) is 11.2. The number of benzene rings is 1. The van der Waals surface area contributed by atoms with Crippen LogP contribution in [0.4, 0.5) is 0 Å². The number of sulfonamides is 1. The van der Waals surface area contributed by atoms with Gasteiger partial charge in [0.2, 0.25) is 10.0 Å². The summed E-state index contributed by atoms with van der Waals surface area (Å²) in [4.78, 5) is 0.0404. The molecule has 0 aliphatic carbocycles. The van der Waals surface area contributed by atoms with Crippen LogP contribution in [0, 0.1) is 0 Å². The van der Waals surface area contributed by atoms with E-state index in [2.05, 4.69) is 4.72 Å². The van der Waals surface area contributed by atoms with E-state index in [0.717, 1.165) is 0 Å². The molecule has 0 aliphatic heterocycles. The van der Waals surface area contributed by atoms with Crippen LogP contribution in [0.3, 0.4) is 0 Å². The fourth-order valence-electron chi connectivity index (χ4n) is 1.44. The lowest BCUT2D eigenvalue weighted by atomic mass is 10.4. The maximum Gasteiger partial charge on any atom is 0.240 e. The molecule has 0 bridgehead atoms. The van der Waals surface area contributed by atoms with E-state index in [0.29, 0.717) is 18.2 Å². The maximum absolute atomic E-state index is 12.1. The van der Waals surface area contributed by atoms with E-state index < -0.39 is 16.3 Å². The third-order valence-corrected chi connectivity index (χ3v) is 4.51. The molecule has 0 aromatic heterocycles. The van der Waals surface area contributed by atoms with Gasteiger partial charge in [-0.2, -0.15) is 0 Å². The van der Waals surface area contributed by atoms with Gasteiger partial charge in [0.05, 0.1) is 21.5 Å². The summed E-state index contributed by atoms with van der Waals surface area (Å²) in [7, 11) is -3.68. The van der Waals surface area contributed by atoms with Gasteiger partial charge < -0.3 is 9.47 Å². The van der Waals surface area contributed by atoms with Crippen molar-refractivity contribution in [2.75, 3.05) is 19.8 Å². The molecular formula is C12H17Cl2NO4S. The molecule has 1 aromatic rings. The molecular weight excluding hydrogens is 325 g/mol. The van der Waals surface area contributed by atoms with E-state index in [9.17, 15) is 8.42 Å². The normalized spacial score (nSPS) is 12.1. The zero-order chi connectivity index (χ0) is 15.2. The molecule has 1 aromatic carbocycles. The number of nitrogens with one attached hydrogen (secondary N) is 1. The Kier molecular flexibility index (Phi) is 7.22. The van der Waals surface area contributed by atoms with Crippen LogP contribution in [0.2, 0.25) is 10.0 Å². The second-order valence-electron chi connectivity index (χ2n) is 3.77. The van der Waals surface area contributed by atoms with Crippen LogP contribution in [-0.4, -0.2) is 34.5 Å². The van der Waals surface area contributed by atoms with Crippen LogP contribution < -0.4 is 4.72 Å². The number of hydrogen-bond donors (Lipinski definition) is 1. The standard InChI is InChI=1S/C12H17Cl2NO4S/c1-3-18-12(19-4-2)8-15-20(16,17)9-5-6-10(13)11(14)7-9/h5-7,12,15H,3-4,8H2,1-2H3. The first-order valence-corrected chi connectivity index (χ1v) is 8.32. The van der Waals surface area contributed by atoms with Gasteiger partial charge in [-0.3, -0.25) is 0 Å². The van der Waals surface area contributed by atoms with Gasteiger partial charge in [0.15, 0.2) is 6.29 Å². The Hall–Kier alpha value is -0.370. The van der Waals surface area contributed by atoms with Gasteiger partial charge >= 0.3 is 0 Å². The highest BCUT2D eigenvalue weighted by Gasteiger charge is 2.18. The Bertz CT molecular complexity index is 530. The lowest BCUT2D eigenvalue weighted by molar-refractivity contribution is -0.130. The van der Waals surface area contributed by atoms with E-state index in [4.69, 9.17) is 32.7 Å². The first kappa shape index (κ1) is 17.7. The molecule has 1 rings (SSSR count). The summed E-state index contributed by atoms with van der Waals surface area (Å²) in [5.74, 6) is 0. The third kappa shape index (κ3) is 5.20. The largest absolute Gasteiger partial charge is 0.352 e. The minimum absolute atomic E-state index is 0.0181. The van der Waals surface area contributed by atoms with Crippen molar-refractivity contribution < 1.29 is 17.9 Å². The molecule has 0 unspecified atom stereocenters. The second kappa shape index (κ2) is 8.17. The van der Waals surface area contributed by atoms with Crippen molar-refractivity contribution in [3.8, 4) is 0 Å². The summed E-state index contributed by atoms with van der Waals surface area (Å²) < 4.78 is 37.1. The molecule has 0 spiro atoms. The van der Waals surface area contributed by atoms with Crippen molar-refractivity contribution in [2.24, 2.45) is 0 Å². The smallest absolute Gasteiger partial charge is 0.240 e. The molecule has 8 heteroatoms. The number of ether oxygens (including phenoxy) is 2. The average molecular weight is 342 g/mol. The van der Waals surface area contributed by atoms with E-state index >= 15 is 0 Å². The molecule has 0 aliphatic rings. The molecule has 1 N–H and O–H groups in total. The van der Waals surface area contributed by atoms with E-state index in [1.807, 2.05) is 0 Å². The van der Waals surface area contributed by atoms with Gasteiger partial charge in [-0.15, -0.1) is 0 Å². The Balaban J connectivity index is 2.75. The van der Waals surface area contributed by atoms with E-state index in [1.165, 1.54) is 18.2 Å². The van der Waals surface area contributed by atoms with Crippen LogP contribution in [0.5, 0.6) is 0 Å². The fraction of sp³-hybridized carbons (Fsp3) is 0.500. The summed E-state index contributed by atoms with van der Waals surface area (Å²) >= 11 is 11.6. The molecule has 5 nitrogen and oxygen atoms in total. The molecule has 0 saturated heterocycles. The molecule has 0 fully saturated rings. The van der Waals surface area contributed by atoms with Gasteiger partial charge in [0.1, 0.15) is 0 Å². The van der Waals surface area contributed by atoms with Gasteiger partial charge in [-0.05, 0) is 32.0 Å². The van der Waals surface area contributed by atoms with E-state index in [-0.39, 0.29) is 16.5 Å². The van der Waals surface area contributed by atoms with Gasteiger partial charge in [-0.1, -0.05) is 23.2 Å². The highest BCUT2D eigenvalue weighted by molar-refractivity contribution is 7.89. The van der Waals surface area contributed by atoms with Crippen molar-refractivity contribution in [3.05, 3.63) is 28.2 Å². The van der Waals surface area contributed by atoms with Crippen molar-refractivity contribution in [2.45, 2.75) is 25.0 Å². The van der Waals surface area contributed by atoms with Crippen molar-refractivity contribution >= 4 is 33.2 Å². The van der Waals surface area contributed by atoms with Crippen LogP contribution in [0.15, 0.2) is 23.1 Å². The van der Waals surface area contributed by atoms with Crippen LogP contribution in [0.1, 0.15) is 13.8 Å². The predicted molar refractivity (Wildman–Crippen MR) is 78.7 cm³/mol. The number of hydrogen-bond acceptors (Lipinski definition) is 4. The lowest BCUT2D eigenvalue weighted by Gasteiger charge is -2.17. The van der Waals surface area contributed by atoms with Crippen LogP contribution in [0.25, 0.3) is 0 Å². The molecule has 20 heavy (non-hydrogen) atoms. The van der Waals surface area contributed by atoms with Crippen molar-refractivity contribution in [1.82, 2.24) is 4.72 Å². The first-order chi connectivity index (χ1) is 9.40. The summed E-state index contributed by atoms with van der Waals surface area (Å²) in [5, 5.41) is 0.479. The molecule has 0 radical (unpaired) electrons. The third-order valence-electron chi connectivity index (χ3n) is 2.35. The predicted octanol–water partition coefficient (Wildman–Crippen LogP) is 2.67. The van der Waals surface area contributed by atoms with Crippen LogP contribution >= 0.6 is 23.2 Å². The number of halogens is 2. The Morgan fingerprint density at radius 2 is 1.75 bits per heavy atom. The monoisotopic (exact) mass is 341 g/mol. The van der Waals surface area contributed by atoms with Gasteiger partial charge in [0, 0.05) is 13.2 Å². The van der Waals surface area contributed by atoms with Crippen LogP contribution in [-0.2, 0) is 19.5 Å². The molecule has 0 heterocycles. The summed E-state index contributed by atoms with van der Waals surface area (Å²) in [6, 6.07) is 4.11. The lowest BCUT2D eigenvalue weighted by Crippen LogP contribution is -2.35. The highest BCUT2D eigenvalue weighted by Crippen LogP contribution is 2.24. The fourth-order valence-corrected chi connectivity index (χ4v) is 2.85. The Morgan fingerprint density at radius 1 is 1.15 bits per heavy atom. The molecule has 0 atom stereocenters.